The van der Waals surface area contributed by atoms with Gasteiger partial charge in [-0.1, -0.05) is 0 Å². The molecule has 0 spiro atoms. The topological polar surface area (TPSA) is 81.0 Å². The molecule has 0 bridgehead atoms. The van der Waals surface area contributed by atoms with E-state index >= 15 is 0 Å². The molecule has 25 heavy (non-hydrogen) atoms. The SMILES string of the molecule is CCNC(=NCCCC(=O)OCC)N1CCOC(c2cnn(C)c2)C1. The number of hydrogen-bond acceptors (Lipinski definition) is 5. The molecule has 0 radical (unpaired) electrons. The molecule has 1 aromatic rings. The fourth-order valence-electron chi connectivity index (χ4n) is 2.72. The van der Waals surface area contributed by atoms with E-state index in [1.807, 2.05) is 33.3 Å². The lowest BCUT2D eigenvalue weighted by molar-refractivity contribution is -0.143. The Kier molecular flexibility index (Phi) is 7.72. The van der Waals surface area contributed by atoms with E-state index in [-0.39, 0.29) is 12.1 Å². The van der Waals surface area contributed by atoms with Crippen LogP contribution in [-0.4, -0.2) is 66.0 Å². The summed E-state index contributed by atoms with van der Waals surface area (Å²) in [6.45, 7) is 7.85. The molecular formula is C17H29N5O3. The molecule has 1 saturated heterocycles. The van der Waals surface area contributed by atoms with Crippen LogP contribution in [0.4, 0.5) is 0 Å². The molecule has 2 rings (SSSR count). The van der Waals surface area contributed by atoms with Gasteiger partial charge in [0, 0.05) is 44.9 Å². The predicted molar refractivity (Wildman–Crippen MR) is 95.3 cm³/mol. The van der Waals surface area contributed by atoms with E-state index in [4.69, 9.17) is 9.47 Å². The Morgan fingerprint density at radius 1 is 1.52 bits per heavy atom. The second-order valence-corrected chi connectivity index (χ2v) is 5.90. The number of aromatic nitrogens is 2. The molecule has 0 aromatic carbocycles. The van der Waals surface area contributed by atoms with Crippen molar-refractivity contribution >= 4 is 11.9 Å². The van der Waals surface area contributed by atoms with Crippen molar-refractivity contribution in [2.45, 2.75) is 32.8 Å². The molecule has 140 valence electrons. The number of carbonyl (C=O) groups excluding carboxylic acids is 1. The van der Waals surface area contributed by atoms with Crippen LogP contribution in [0.5, 0.6) is 0 Å². The van der Waals surface area contributed by atoms with E-state index in [9.17, 15) is 4.79 Å². The number of guanidine groups is 1. The molecule has 1 aromatic heterocycles. The third-order valence-corrected chi connectivity index (χ3v) is 3.90. The van der Waals surface area contributed by atoms with Crippen LogP contribution in [0, 0.1) is 0 Å². The highest BCUT2D eigenvalue weighted by Gasteiger charge is 2.25. The monoisotopic (exact) mass is 351 g/mol. The van der Waals surface area contributed by atoms with Crippen molar-refractivity contribution in [2.75, 3.05) is 39.4 Å². The van der Waals surface area contributed by atoms with Crippen LogP contribution in [0.3, 0.4) is 0 Å². The average molecular weight is 351 g/mol. The van der Waals surface area contributed by atoms with E-state index in [1.165, 1.54) is 0 Å². The van der Waals surface area contributed by atoms with Gasteiger partial charge in [0.25, 0.3) is 0 Å². The Bertz CT molecular complexity index is 572. The molecular weight excluding hydrogens is 322 g/mol. The van der Waals surface area contributed by atoms with Crippen molar-refractivity contribution in [3.8, 4) is 0 Å². The van der Waals surface area contributed by atoms with Gasteiger partial charge in [-0.05, 0) is 20.3 Å². The van der Waals surface area contributed by atoms with E-state index < -0.39 is 0 Å². The van der Waals surface area contributed by atoms with Crippen LogP contribution in [0.15, 0.2) is 17.4 Å². The molecule has 1 fully saturated rings. The smallest absolute Gasteiger partial charge is 0.305 e. The lowest BCUT2D eigenvalue weighted by Crippen LogP contribution is -2.48. The number of nitrogens with zero attached hydrogens (tertiary/aromatic N) is 4. The van der Waals surface area contributed by atoms with Crippen LogP contribution in [0.2, 0.25) is 0 Å². The zero-order valence-electron chi connectivity index (χ0n) is 15.4. The predicted octanol–water partition coefficient (Wildman–Crippen LogP) is 1.10. The minimum atomic E-state index is -0.161. The fourth-order valence-corrected chi connectivity index (χ4v) is 2.72. The highest BCUT2D eigenvalue weighted by Crippen LogP contribution is 2.21. The molecule has 0 saturated carbocycles. The zero-order chi connectivity index (χ0) is 18.1. The van der Waals surface area contributed by atoms with Crippen LogP contribution >= 0.6 is 0 Å². The summed E-state index contributed by atoms with van der Waals surface area (Å²) in [6, 6.07) is 0. The summed E-state index contributed by atoms with van der Waals surface area (Å²) in [5, 5.41) is 7.54. The number of carbonyl (C=O) groups is 1. The highest BCUT2D eigenvalue weighted by molar-refractivity contribution is 5.80. The van der Waals surface area contributed by atoms with E-state index in [0.29, 0.717) is 32.6 Å². The maximum absolute atomic E-state index is 11.4. The number of esters is 1. The number of nitrogens with one attached hydrogen (secondary N) is 1. The zero-order valence-corrected chi connectivity index (χ0v) is 15.4. The lowest BCUT2D eigenvalue weighted by Gasteiger charge is -2.34. The largest absolute Gasteiger partial charge is 0.466 e. The molecule has 2 heterocycles. The van der Waals surface area contributed by atoms with E-state index in [0.717, 1.165) is 31.2 Å². The van der Waals surface area contributed by atoms with Gasteiger partial charge in [0.15, 0.2) is 5.96 Å². The van der Waals surface area contributed by atoms with Crippen molar-refractivity contribution in [1.82, 2.24) is 20.0 Å². The second-order valence-electron chi connectivity index (χ2n) is 5.90. The van der Waals surface area contributed by atoms with Gasteiger partial charge in [-0.25, -0.2) is 0 Å². The quantitative estimate of drug-likeness (QED) is 0.343. The van der Waals surface area contributed by atoms with Gasteiger partial charge >= 0.3 is 5.97 Å². The number of aryl methyl sites for hydroxylation is 1. The highest BCUT2D eigenvalue weighted by atomic mass is 16.5. The van der Waals surface area contributed by atoms with Crippen molar-refractivity contribution in [2.24, 2.45) is 12.0 Å². The van der Waals surface area contributed by atoms with Gasteiger partial charge in [0.2, 0.25) is 0 Å². The minimum absolute atomic E-state index is 0.00848. The van der Waals surface area contributed by atoms with Crippen LogP contribution < -0.4 is 5.32 Å². The average Bonchev–Trinajstić information content (AvgIpc) is 3.04. The molecule has 0 aliphatic carbocycles. The van der Waals surface area contributed by atoms with Gasteiger partial charge in [-0.3, -0.25) is 14.5 Å². The Morgan fingerprint density at radius 3 is 3.04 bits per heavy atom. The minimum Gasteiger partial charge on any atom is -0.466 e. The van der Waals surface area contributed by atoms with E-state index in [2.05, 4.69) is 20.3 Å². The Hall–Kier alpha value is -2.09. The van der Waals surface area contributed by atoms with Crippen LogP contribution in [-0.2, 0) is 21.3 Å². The summed E-state index contributed by atoms with van der Waals surface area (Å²) in [6.07, 6.45) is 4.91. The maximum Gasteiger partial charge on any atom is 0.305 e. The number of rotatable bonds is 7. The normalized spacial score (nSPS) is 18.3. The van der Waals surface area contributed by atoms with Crippen LogP contribution in [0.1, 0.15) is 38.4 Å². The standard InChI is InChI=1S/C17H29N5O3/c1-4-18-17(19-8-6-7-16(23)24-5-2)22-9-10-25-15(13-22)14-11-20-21(3)12-14/h11-12,15H,4-10,13H2,1-3H3,(H,18,19). The van der Waals surface area contributed by atoms with Crippen molar-refractivity contribution < 1.29 is 14.3 Å². The van der Waals surface area contributed by atoms with Crippen LogP contribution in [0.25, 0.3) is 0 Å². The first-order chi connectivity index (χ1) is 12.1. The molecule has 1 aliphatic heterocycles. The summed E-state index contributed by atoms with van der Waals surface area (Å²) < 4.78 is 12.6. The summed E-state index contributed by atoms with van der Waals surface area (Å²) in [7, 11) is 1.90. The molecule has 1 atom stereocenters. The fraction of sp³-hybridized carbons (Fsp3) is 0.706. The van der Waals surface area contributed by atoms with Crippen molar-refractivity contribution in [3.05, 3.63) is 18.0 Å². The summed E-state index contributed by atoms with van der Waals surface area (Å²) >= 11 is 0. The number of aliphatic imine (C=N–C) groups is 1. The van der Waals surface area contributed by atoms with Gasteiger partial charge < -0.3 is 19.7 Å². The molecule has 1 N–H and O–H groups in total. The molecule has 1 unspecified atom stereocenters. The Labute approximate surface area is 149 Å². The van der Waals surface area contributed by atoms with Gasteiger partial charge in [-0.2, -0.15) is 5.10 Å². The summed E-state index contributed by atoms with van der Waals surface area (Å²) in [4.78, 5) is 18.2. The molecule has 1 aliphatic rings. The third kappa shape index (κ3) is 6.04. The first-order valence-corrected chi connectivity index (χ1v) is 8.93. The summed E-state index contributed by atoms with van der Waals surface area (Å²) in [5.74, 6) is 0.703. The number of hydrogen-bond donors (Lipinski definition) is 1. The number of ether oxygens (including phenoxy) is 2. The first-order valence-electron chi connectivity index (χ1n) is 8.93. The van der Waals surface area contributed by atoms with E-state index in [1.54, 1.807) is 4.68 Å². The Balaban J connectivity index is 1.91. The van der Waals surface area contributed by atoms with Crippen molar-refractivity contribution in [3.63, 3.8) is 0 Å². The first kappa shape index (κ1) is 19.2. The number of morpholine rings is 1. The van der Waals surface area contributed by atoms with Gasteiger partial charge in [0.05, 0.1) is 26.0 Å². The third-order valence-electron chi connectivity index (χ3n) is 3.90. The summed E-state index contributed by atoms with van der Waals surface area (Å²) in [5.41, 5.74) is 1.07. The molecule has 8 nitrogen and oxygen atoms in total. The van der Waals surface area contributed by atoms with Gasteiger partial charge in [-0.15, -0.1) is 0 Å². The second kappa shape index (κ2) is 10.0. The molecule has 8 heteroatoms. The lowest BCUT2D eigenvalue weighted by atomic mass is 10.1. The Morgan fingerprint density at radius 2 is 2.36 bits per heavy atom. The molecule has 0 amide bonds. The van der Waals surface area contributed by atoms with Gasteiger partial charge in [0.1, 0.15) is 6.10 Å². The maximum atomic E-state index is 11.4. The van der Waals surface area contributed by atoms with Crippen molar-refractivity contribution in [1.29, 1.82) is 0 Å².